The van der Waals surface area contributed by atoms with E-state index in [1.54, 1.807) is 24.3 Å². The van der Waals surface area contributed by atoms with Crippen LogP contribution in [0.2, 0.25) is 15.1 Å². The van der Waals surface area contributed by atoms with Crippen LogP contribution in [0.25, 0.3) is 11.1 Å². The Morgan fingerprint density at radius 2 is 1.68 bits per heavy atom. The number of alkyl halides is 2. The lowest BCUT2D eigenvalue weighted by molar-refractivity contribution is -0.0498. The zero-order valence-corrected chi connectivity index (χ0v) is 11.6. The summed E-state index contributed by atoms with van der Waals surface area (Å²) in [6.45, 7) is -2.88. The highest BCUT2D eigenvalue weighted by molar-refractivity contribution is 6.49. The van der Waals surface area contributed by atoms with Gasteiger partial charge in [-0.25, -0.2) is 0 Å². The standard InChI is InChI=1S/C13H7Cl3F2O/c14-10-5-4-9(11(15)12(10)16)7-2-1-3-8(6-7)19-13(17)18/h1-6,13H. The summed E-state index contributed by atoms with van der Waals surface area (Å²) in [7, 11) is 0. The van der Waals surface area contributed by atoms with Crippen molar-refractivity contribution in [3.05, 3.63) is 51.5 Å². The van der Waals surface area contributed by atoms with Gasteiger partial charge >= 0.3 is 6.61 Å². The molecule has 0 unspecified atom stereocenters. The van der Waals surface area contributed by atoms with Crippen LogP contribution in [-0.4, -0.2) is 6.61 Å². The van der Waals surface area contributed by atoms with Gasteiger partial charge in [-0.2, -0.15) is 8.78 Å². The van der Waals surface area contributed by atoms with Crippen LogP contribution >= 0.6 is 34.8 Å². The Balaban J connectivity index is 2.45. The van der Waals surface area contributed by atoms with Gasteiger partial charge < -0.3 is 4.74 Å². The van der Waals surface area contributed by atoms with Gasteiger partial charge in [0.2, 0.25) is 0 Å². The van der Waals surface area contributed by atoms with Crippen molar-refractivity contribution in [3.8, 4) is 16.9 Å². The predicted molar refractivity (Wildman–Crippen MR) is 73.5 cm³/mol. The molecule has 0 aromatic heterocycles. The molecular formula is C13H7Cl3F2O. The molecule has 19 heavy (non-hydrogen) atoms. The van der Waals surface area contributed by atoms with Gasteiger partial charge in [0, 0.05) is 5.56 Å². The average Bonchev–Trinajstić information content (AvgIpc) is 2.36. The molecule has 0 bridgehead atoms. The van der Waals surface area contributed by atoms with Gasteiger partial charge in [-0.15, -0.1) is 0 Å². The summed E-state index contributed by atoms with van der Waals surface area (Å²) in [5.41, 5.74) is 1.21. The van der Waals surface area contributed by atoms with Crippen molar-refractivity contribution in [1.29, 1.82) is 0 Å². The van der Waals surface area contributed by atoms with Crippen molar-refractivity contribution in [2.45, 2.75) is 6.61 Å². The fourth-order valence-electron chi connectivity index (χ4n) is 1.59. The normalized spacial score (nSPS) is 10.8. The molecule has 2 aromatic carbocycles. The Hall–Kier alpha value is -1.03. The molecule has 0 aliphatic carbocycles. The maximum atomic E-state index is 12.2. The predicted octanol–water partition coefficient (Wildman–Crippen LogP) is 5.92. The maximum Gasteiger partial charge on any atom is 0.387 e. The van der Waals surface area contributed by atoms with E-state index in [0.29, 0.717) is 16.1 Å². The van der Waals surface area contributed by atoms with Crippen molar-refractivity contribution in [2.75, 3.05) is 0 Å². The smallest absolute Gasteiger partial charge is 0.387 e. The van der Waals surface area contributed by atoms with Crippen LogP contribution in [0.15, 0.2) is 36.4 Å². The van der Waals surface area contributed by atoms with Crippen LogP contribution in [0.3, 0.4) is 0 Å². The Kier molecular flexibility index (Phi) is 4.50. The summed E-state index contributed by atoms with van der Waals surface area (Å²) < 4.78 is 28.7. The van der Waals surface area contributed by atoms with E-state index in [-0.39, 0.29) is 15.8 Å². The van der Waals surface area contributed by atoms with Crippen molar-refractivity contribution in [2.24, 2.45) is 0 Å². The third-order valence-electron chi connectivity index (χ3n) is 2.41. The van der Waals surface area contributed by atoms with Gasteiger partial charge in [-0.1, -0.05) is 53.0 Å². The zero-order chi connectivity index (χ0) is 14.0. The van der Waals surface area contributed by atoms with E-state index in [1.165, 1.54) is 12.1 Å². The summed E-state index contributed by atoms with van der Waals surface area (Å²) in [5.74, 6) is 0.0506. The summed E-state index contributed by atoms with van der Waals surface area (Å²) in [6, 6.07) is 9.44. The maximum absolute atomic E-state index is 12.2. The number of ether oxygens (including phenoxy) is 1. The highest BCUT2D eigenvalue weighted by Crippen LogP contribution is 2.38. The van der Waals surface area contributed by atoms with Crippen LogP contribution in [-0.2, 0) is 0 Å². The minimum absolute atomic E-state index is 0.0506. The van der Waals surface area contributed by atoms with Crippen LogP contribution in [0, 0.1) is 0 Å². The lowest BCUT2D eigenvalue weighted by Gasteiger charge is -2.10. The molecule has 0 saturated heterocycles. The first-order valence-corrected chi connectivity index (χ1v) is 6.31. The number of hydrogen-bond acceptors (Lipinski definition) is 1. The van der Waals surface area contributed by atoms with Crippen molar-refractivity contribution in [3.63, 3.8) is 0 Å². The van der Waals surface area contributed by atoms with Crippen LogP contribution in [0.1, 0.15) is 0 Å². The highest BCUT2D eigenvalue weighted by Gasteiger charge is 2.12. The summed E-state index contributed by atoms with van der Waals surface area (Å²) in [5, 5.41) is 0.819. The third-order valence-corrected chi connectivity index (χ3v) is 3.70. The monoisotopic (exact) mass is 322 g/mol. The van der Waals surface area contributed by atoms with Gasteiger partial charge in [0.05, 0.1) is 15.1 Å². The van der Waals surface area contributed by atoms with E-state index in [1.807, 2.05) is 0 Å². The molecule has 0 heterocycles. The van der Waals surface area contributed by atoms with E-state index in [2.05, 4.69) is 4.74 Å². The fourth-order valence-corrected chi connectivity index (χ4v) is 2.23. The summed E-state index contributed by atoms with van der Waals surface area (Å²) >= 11 is 17.9. The van der Waals surface area contributed by atoms with Gasteiger partial charge in [0.25, 0.3) is 0 Å². The Labute approximate surface area is 123 Å². The molecule has 100 valence electrons. The Morgan fingerprint density at radius 3 is 2.37 bits per heavy atom. The fraction of sp³-hybridized carbons (Fsp3) is 0.0769. The first kappa shape index (κ1) is 14.4. The second-order valence-corrected chi connectivity index (χ2v) is 4.79. The van der Waals surface area contributed by atoms with Gasteiger partial charge in [0.15, 0.2) is 0 Å². The summed E-state index contributed by atoms with van der Waals surface area (Å²) in [4.78, 5) is 0. The highest BCUT2D eigenvalue weighted by atomic mass is 35.5. The SMILES string of the molecule is FC(F)Oc1cccc(-c2ccc(Cl)c(Cl)c2Cl)c1. The van der Waals surface area contributed by atoms with Crippen LogP contribution < -0.4 is 4.74 Å². The zero-order valence-electron chi connectivity index (χ0n) is 9.34. The molecule has 1 nitrogen and oxygen atoms in total. The molecule has 0 radical (unpaired) electrons. The van der Waals surface area contributed by atoms with E-state index in [9.17, 15) is 8.78 Å². The molecule has 2 rings (SSSR count). The molecule has 0 fully saturated rings. The molecule has 0 atom stereocenters. The molecule has 0 spiro atoms. The van der Waals surface area contributed by atoms with Gasteiger partial charge in [-0.3, -0.25) is 0 Å². The van der Waals surface area contributed by atoms with E-state index in [0.717, 1.165) is 0 Å². The van der Waals surface area contributed by atoms with Gasteiger partial charge in [-0.05, 0) is 23.8 Å². The lowest BCUT2D eigenvalue weighted by Crippen LogP contribution is -2.01. The van der Waals surface area contributed by atoms with E-state index < -0.39 is 6.61 Å². The van der Waals surface area contributed by atoms with Crippen LogP contribution in [0.4, 0.5) is 8.78 Å². The van der Waals surface area contributed by atoms with E-state index in [4.69, 9.17) is 34.8 Å². The number of rotatable bonds is 3. The quantitative estimate of drug-likeness (QED) is 0.637. The number of benzene rings is 2. The minimum atomic E-state index is -2.88. The van der Waals surface area contributed by atoms with Gasteiger partial charge in [0.1, 0.15) is 5.75 Å². The van der Waals surface area contributed by atoms with Crippen molar-refractivity contribution >= 4 is 34.8 Å². The molecule has 6 heteroatoms. The Morgan fingerprint density at radius 1 is 0.947 bits per heavy atom. The first-order chi connectivity index (χ1) is 8.99. The largest absolute Gasteiger partial charge is 0.435 e. The minimum Gasteiger partial charge on any atom is -0.435 e. The number of hydrogen-bond donors (Lipinski definition) is 0. The first-order valence-electron chi connectivity index (χ1n) is 5.18. The molecular weight excluding hydrogens is 316 g/mol. The second-order valence-electron chi connectivity index (χ2n) is 3.63. The molecule has 0 aliphatic heterocycles. The average molecular weight is 324 g/mol. The second kappa shape index (κ2) is 5.95. The van der Waals surface area contributed by atoms with Crippen LogP contribution in [0.5, 0.6) is 5.75 Å². The molecule has 0 N–H and O–H groups in total. The van der Waals surface area contributed by atoms with Crippen molar-refractivity contribution in [1.82, 2.24) is 0 Å². The topological polar surface area (TPSA) is 9.23 Å². The molecule has 2 aromatic rings. The Bertz CT molecular complexity index is 602. The number of halogens is 5. The molecule has 0 aliphatic rings. The summed E-state index contributed by atoms with van der Waals surface area (Å²) in [6.07, 6.45) is 0. The lowest BCUT2D eigenvalue weighted by atomic mass is 10.1. The molecule has 0 saturated carbocycles. The third kappa shape index (κ3) is 3.30. The van der Waals surface area contributed by atoms with E-state index >= 15 is 0 Å². The molecule has 0 amide bonds. The van der Waals surface area contributed by atoms with Crippen molar-refractivity contribution < 1.29 is 13.5 Å².